The Kier molecular flexibility index (Phi) is 9.31. The summed E-state index contributed by atoms with van der Waals surface area (Å²) >= 11 is 2.98. The average Bonchev–Trinajstić information content (AvgIpc) is 3.19. The van der Waals surface area contributed by atoms with Crippen molar-refractivity contribution in [2.45, 2.75) is 18.2 Å². The van der Waals surface area contributed by atoms with Crippen LogP contribution in [0.1, 0.15) is 12.0 Å². The largest absolute Gasteiger partial charge is 0.379 e. The Morgan fingerprint density at radius 3 is 2.72 bits per heavy atom. The van der Waals surface area contributed by atoms with E-state index in [1.165, 1.54) is 29.5 Å². The maximum atomic E-state index is 13.2. The summed E-state index contributed by atoms with van der Waals surface area (Å²) in [6.45, 7) is 7.04. The molecule has 172 valence electrons. The lowest BCUT2D eigenvalue weighted by Crippen LogP contribution is -2.39. The van der Waals surface area contributed by atoms with Crippen molar-refractivity contribution in [2.75, 3.05) is 50.0 Å². The molecule has 4 rings (SSSR count). The molecule has 0 unspecified atom stereocenters. The van der Waals surface area contributed by atoms with Crippen molar-refractivity contribution in [2.24, 2.45) is 0 Å². The summed E-state index contributed by atoms with van der Waals surface area (Å²) in [6.07, 6.45) is 0.877. The molecule has 0 spiro atoms. The summed E-state index contributed by atoms with van der Waals surface area (Å²) in [4.78, 5) is 23.0. The monoisotopic (exact) mass is 495 g/mol. The number of hydrogen-bond donors (Lipinski definition) is 0. The SMILES string of the molecule is Cc1ccc2nc(N(CCCN3CCOCC3)C(=O)CSc3ccc(F)cc3)sc2c1.Cl. The number of nitrogens with zero attached hydrogens (tertiary/aromatic N) is 3. The normalized spacial score (nSPS) is 14.3. The van der Waals surface area contributed by atoms with E-state index in [4.69, 9.17) is 9.72 Å². The van der Waals surface area contributed by atoms with E-state index in [2.05, 4.69) is 17.9 Å². The lowest BCUT2D eigenvalue weighted by molar-refractivity contribution is -0.116. The number of rotatable bonds is 8. The molecule has 0 radical (unpaired) electrons. The van der Waals surface area contributed by atoms with E-state index in [1.807, 2.05) is 17.0 Å². The molecule has 5 nitrogen and oxygen atoms in total. The molecule has 1 aromatic heterocycles. The highest BCUT2D eigenvalue weighted by atomic mass is 35.5. The van der Waals surface area contributed by atoms with Crippen LogP contribution in [0, 0.1) is 12.7 Å². The van der Waals surface area contributed by atoms with E-state index < -0.39 is 0 Å². The van der Waals surface area contributed by atoms with E-state index in [9.17, 15) is 9.18 Å². The minimum Gasteiger partial charge on any atom is -0.379 e. The molecule has 0 N–H and O–H groups in total. The van der Waals surface area contributed by atoms with Gasteiger partial charge in [0.2, 0.25) is 5.91 Å². The minimum atomic E-state index is -0.273. The van der Waals surface area contributed by atoms with Gasteiger partial charge in [0.25, 0.3) is 0 Å². The predicted octanol–water partition coefficient (Wildman–Crippen LogP) is 5.01. The van der Waals surface area contributed by atoms with E-state index in [0.717, 1.165) is 59.5 Å². The second-order valence-corrected chi connectivity index (χ2v) is 9.62. The second-order valence-electron chi connectivity index (χ2n) is 7.56. The molecule has 0 saturated carbocycles. The Hall–Kier alpha value is -1.71. The van der Waals surface area contributed by atoms with E-state index in [1.54, 1.807) is 23.5 Å². The van der Waals surface area contributed by atoms with Crippen molar-refractivity contribution in [3.8, 4) is 0 Å². The summed E-state index contributed by atoms with van der Waals surface area (Å²) < 4.78 is 19.7. The number of hydrogen-bond acceptors (Lipinski definition) is 6. The molecule has 9 heteroatoms. The number of halogens is 2. The average molecular weight is 496 g/mol. The van der Waals surface area contributed by atoms with Crippen LogP contribution in [0.25, 0.3) is 10.2 Å². The van der Waals surface area contributed by atoms with Crippen molar-refractivity contribution < 1.29 is 13.9 Å². The molecule has 2 heterocycles. The smallest absolute Gasteiger partial charge is 0.239 e. The van der Waals surface area contributed by atoms with Gasteiger partial charge in [0.05, 0.1) is 29.2 Å². The number of morpholine rings is 1. The molecule has 0 bridgehead atoms. The molecule has 0 aliphatic carbocycles. The Balaban J connectivity index is 0.00000289. The fourth-order valence-electron chi connectivity index (χ4n) is 3.49. The lowest BCUT2D eigenvalue weighted by Gasteiger charge is -2.27. The highest BCUT2D eigenvalue weighted by Crippen LogP contribution is 2.30. The first kappa shape index (κ1) is 24.9. The molecule has 0 atom stereocenters. The fourth-order valence-corrected chi connectivity index (χ4v) is 5.37. The van der Waals surface area contributed by atoms with Gasteiger partial charge in [-0.1, -0.05) is 17.4 Å². The van der Waals surface area contributed by atoms with Crippen LogP contribution < -0.4 is 4.90 Å². The Morgan fingerprint density at radius 2 is 1.97 bits per heavy atom. The third-order valence-corrected chi connectivity index (χ3v) is 7.24. The first-order chi connectivity index (χ1) is 15.1. The van der Waals surface area contributed by atoms with Crippen LogP contribution in [0.15, 0.2) is 47.4 Å². The van der Waals surface area contributed by atoms with Gasteiger partial charge in [-0.2, -0.15) is 0 Å². The lowest BCUT2D eigenvalue weighted by atomic mass is 10.2. The van der Waals surface area contributed by atoms with Gasteiger partial charge in [0, 0.05) is 31.1 Å². The zero-order chi connectivity index (χ0) is 21.6. The molecule has 1 saturated heterocycles. The number of amides is 1. The quantitative estimate of drug-likeness (QED) is 0.411. The van der Waals surface area contributed by atoms with Gasteiger partial charge < -0.3 is 4.74 Å². The number of thioether (sulfide) groups is 1. The van der Waals surface area contributed by atoms with Crippen LogP contribution in [0.3, 0.4) is 0 Å². The van der Waals surface area contributed by atoms with Gasteiger partial charge in [-0.3, -0.25) is 14.6 Å². The molecule has 1 aliphatic heterocycles. The highest BCUT2D eigenvalue weighted by molar-refractivity contribution is 8.00. The highest BCUT2D eigenvalue weighted by Gasteiger charge is 2.21. The van der Waals surface area contributed by atoms with Gasteiger partial charge >= 0.3 is 0 Å². The van der Waals surface area contributed by atoms with Gasteiger partial charge in [-0.15, -0.1) is 24.2 Å². The number of anilines is 1. The summed E-state index contributed by atoms with van der Waals surface area (Å²) in [5, 5.41) is 0.743. The van der Waals surface area contributed by atoms with E-state index >= 15 is 0 Å². The molecule has 32 heavy (non-hydrogen) atoms. The summed E-state index contributed by atoms with van der Waals surface area (Å²) in [5.41, 5.74) is 2.10. The third-order valence-electron chi connectivity index (χ3n) is 5.20. The van der Waals surface area contributed by atoms with Crippen molar-refractivity contribution >= 4 is 56.8 Å². The number of benzene rings is 2. The first-order valence-corrected chi connectivity index (χ1v) is 12.2. The Bertz CT molecular complexity index is 1030. The molecule has 3 aromatic rings. The maximum absolute atomic E-state index is 13.2. The van der Waals surface area contributed by atoms with Crippen LogP contribution in [0.2, 0.25) is 0 Å². The van der Waals surface area contributed by atoms with Crippen LogP contribution >= 0.6 is 35.5 Å². The maximum Gasteiger partial charge on any atom is 0.239 e. The molecular formula is C23H27ClFN3O2S2. The first-order valence-electron chi connectivity index (χ1n) is 10.4. The molecule has 1 fully saturated rings. The zero-order valence-corrected chi connectivity index (χ0v) is 20.4. The third kappa shape index (κ3) is 6.65. The van der Waals surface area contributed by atoms with Crippen LogP contribution in [0.5, 0.6) is 0 Å². The number of thiazole rings is 1. The van der Waals surface area contributed by atoms with Crippen molar-refractivity contribution in [1.29, 1.82) is 0 Å². The standard InChI is InChI=1S/C23H26FN3O2S2.ClH/c1-17-3-8-20-21(15-17)31-23(25-20)27(10-2-9-26-11-13-29-14-12-26)22(28)16-30-19-6-4-18(24)5-7-19;/h3-8,15H,2,9-14,16H2,1H3;1H. The Labute approximate surface area is 202 Å². The molecule has 1 aliphatic rings. The van der Waals surface area contributed by atoms with E-state index in [-0.39, 0.29) is 29.9 Å². The van der Waals surface area contributed by atoms with Gasteiger partial charge in [-0.25, -0.2) is 9.37 Å². The second kappa shape index (κ2) is 12.0. The number of carbonyl (C=O) groups excluding carboxylic acids is 1. The van der Waals surface area contributed by atoms with Gasteiger partial charge in [0.15, 0.2) is 5.13 Å². The van der Waals surface area contributed by atoms with Crippen LogP contribution in [0.4, 0.5) is 9.52 Å². The van der Waals surface area contributed by atoms with Crippen LogP contribution in [-0.4, -0.2) is 60.9 Å². The number of aromatic nitrogens is 1. The predicted molar refractivity (Wildman–Crippen MR) is 133 cm³/mol. The topological polar surface area (TPSA) is 45.7 Å². The van der Waals surface area contributed by atoms with Crippen molar-refractivity contribution in [3.63, 3.8) is 0 Å². The summed E-state index contributed by atoms with van der Waals surface area (Å²) in [7, 11) is 0. The fraction of sp³-hybridized carbons (Fsp3) is 0.391. The number of ether oxygens (including phenoxy) is 1. The zero-order valence-electron chi connectivity index (χ0n) is 18.0. The summed E-state index contributed by atoms with van der Waals surface area (Å²) in [6, 6.07) is 12.4. The molecular weight excluding hydrogens is 469 g/mol. The molecule has 1 amide bonds. The van der Waals surface area contributed by atoms with Gasteiger partial charge in [0.1, 0.15) is 5.82 Å². The van der Waals surface area contributed by atoms with Gasteiger partial charge in [-0.05, 0) is 55.3 Å². The number of carbonyl (C=O) groups is 1. The van der Waals surface area contributed by atoms with E-state index in [0.29, 0.717) is 6.54 Å². The number of aryl methyl sites for hydroxylation is 1. The minimum absolute atomic E-state index is 0. The summed E-state index contributed by atoms with van der Waals surface area (Å²) in [5.74, 6) is 0.0373. The molecule has 2 aromatic carbocycles. The van der Waals surface area contributed by atoms with Crippen LogP contribution in [-0.2, 0) is 9.53 Å². The van der Waals surface area contributed by atoms with Crippen molar-refractivity contribution in [3.05, 3.63) is 53.8 Å². The number of fused-ring (bicyclic) bond motifs is 1. The Morgan fingerprint density at radius 1 is 1.22 bits per heavy atom. The van der Waals surface area contributed by atoms with Crippen molar-refractivity contribution in [1.82, 2.24) is 9.88 Å².